The minimum atomic E-state index is -1.51. The fourth-order valence-corrected chi connectivity index (χ4v) is 5.73. The van der Waals surface area contributed by atoms with Crippen LogP contribution in [0.5, 0.6) is 0 Å². The molecule has 0 spiro atoms. The molecular weight excluding hydrogens is 222 g/mol. The van der Waals surface area contributed by atoms with Gasteiger partial charge in [-0.1, -0.05) is 59.0 Å². The summed E-state index contributed by atoms with van der Waals surface area (Å²) in [5, 5.41) is 1.56. The molecule has 0 aromatic rings. The summed E-state index contributed by atoms with van der Waals surface area (Å²) in [4.78, 5) is 4.02. The zero-order valence-electron chi connectivity index (χ0n) is 12.6. The Labute approximate surface area is 108 Å². The van der Waals surface area contributed by atoms with Gasteiger partial charge < -0.3 is 4.98 Å². The van der Waals surface area contributed by atoms with E-state index in [1.165, 1.54) is 6.42 Å². The lowest BCUT2D eigenvalue weighted by molar-refractivity contribution is 0.177. The van der Waals surface area contributed by atoms with Crippen LogP contribution in [0.25, 0.3) is 0 Å². The quantitative estimate of drug-likeness (QED) is 0.729. The van der Waals surface area contributed by atoms with Gasteiger partial charge in [0.2, 0.25) is 0 Å². The molecule has 1 unspecified atom stereocenters. The van der Waals surface area contributed by atoms with Gasteiger partial charge in [0.15, 0.2) is 8.24 Å². The van der Waals surface area contributed by atoms with Gasteiger partial charge >= 0.3 is 0 Å². The molecule has 1 aliphatic carbocycles. The van der Waals surface area contributed by atoms with Crippen LogP contribution in [-0.2, 0) is 0 Å². The Kier molecular flexibility index (Phi) is 4.10. The molecule has 0 radical (unpaired) electrons. The van der Waals surface area contributed by atoms with E-state index >= 15 is 0 Å². The summed E-state index contributed by atoms with van der Waals surface area (Å²) in [6.45, 7) is 16.5. The van der Waals surface area contributed by atoms with Crippen LogP contribution in [-0.4, -0.2) is 13.8 Å². The Hall–Kier alpha value is -0.343. The van der Waals surface area contributed by atoms with Crippen molar-refractivity contribution in [2.45, 2.75) is 66.1 Å². The van der Waals surface area contributed by atoms with Gasteiger partial charge in [0, 0.05) is 5.54 Å². The van der Waals surface area contributed by atoms with Crippen molar-refractivity contribution in [1.29, 1.82) is 0 Å². The van der Waals surface area contributed by atoms with Crippen LogP contribution in [0.2, 0.25) is 13.1 Å². The summed E-state index contributed by atoms with van der Waals surface area (Å²) in [5.41, 5.74) is 0.495. The molecule has 0 bridgehead atoms. The number of nitrogens with one attached hydrogen (secondary N) is 1. The van der Waals surface area contributed by atoms with Gasteiger partial charge in [-0.05, 0) is 30.4 Å². The lowest BCUT2D eigenvalue weighted by Gasteiger charge is -2.47. The summed E-state index contributed by atoms with van der Waals surface area (Å²) < 4.78 is 0. The first-order chi connectivity index (χ1) is 7.62. The normalized spacial score (nSPS) is 20.3. The Morgan fingerprint density at radius 2 is 1.82 bits per heavy atom. The largest absolute Gasteiger partial charge is 0.328 e. The molecule has 17 heavy (non-hydrogen) atoms. The van der Waals surface area contributed by atoms with Gasteiger partial charge in [0.05, 0.1) is 0 Å². The van der Waals surface area contributed by atoms with Crippen molar-refractivity contribution >= 4 is 8.24 Å². The van der Waals surface area contributed by atoms with E-state index < -0.39 is 8.24 Å². The molecule has 1 aliphatic rings. The first kappa shape index (κ1) is 14.7. The zero-order chi connectivity index (χ0) is 13.3. The monoisotopic (exact) mass is 251 g/mol. The highest BCUT2D eigenvalue weighted by Gasteiger charge is 2.41. The summed E-state index contributed by atoms with van der Waals surface area (Å²) >= 11 is 0. The maximum Gasteiger partial charge on any atom is 0.151 e. The molecule has 1 N–H and O–H groups in total. The van der Waals surface area contributed by atoms with E-state index in [1.54, 1.807) is 5.20 Å². The van der Waals surface area contributed by atoms with Gasteiger partial charge in [0.25, 0.3) is 0 Å². The Morgan fingerprint density at radius 1 is 1.24 bits per heavy atom. The van der Waals surface area contributed by atoms with Crippen LogP contribution >= 0.6 is 0 Å². The second-order valence-electron chi connectivity index (χ2n) is 6.98. The van der Waals surface area contributed by atoms with Crippen molar-refractivity contribution in [2.75, 3.05) is 0 Å². The molecule has 0 fully saturated rings. The minimum Gasteiger partial charge on any atom is -0.328 e. The van der Waals surface area contributed by atoms with Crippen molar-refractivity contribution in [1.82, 2.24) is 4.98 Å². The average molecular weight is 251 g/mol. The first-order valence-corrected chi connectivity index (χ1v) is 9.79. The molecule has 0 aromatic carbocycles. The van der Waals surface area contributed by atoms with E-state index in [9.17, 15) is 0 Å². The SMILES string of the molecule is CCC(C)(N[Si](C)(C)C1=CCC=C1)C(C)(C)C. The third kappa shape index (κ3) is 3.11. The zero-order valence-corrected chi connectivity index (χ0v) is 13.6. The number of rotatable bonds is 4. The Morgan fingerprint density at radius 3 is 2.18 bits per heavy atom. The molecule has 1 atom stereocenters. The Bertz CT molecular complexity index is 333. The van der Waals surface area contributed by atoms with Gasteiger partial charge in [0.1, 0.15) is 0 Å². The number of hydrogen-bond donors (Lipinski definition) is 1. The van der Waals surface area contributed by atoms with E-state index in [0.29, 0.717) is 0 Å². The molecule has 0 amide bonds. The van der Waals surface area contributed by atoms with Crippen molar-refractivity contribution in [3.63, 3.8) is 0 Å². The highest BCUT2D eigenvalue weighted by atomic mass is 28.3. The molecule has 0 aliphatic heterocycles. The van der Waals surface area contributed by atoms with E-state index in [1.807, 2.05) is 0 Å². The van der Waals surface area contributed by atoms with Gasteiger partial charge in [-0.3, -0.25) is 0 Å². The Balaban J connectivity index is 2.91. The van der Waals surface area contributed by atoms with Gasteiger partial charge in [-0.2, -0.15) is 0 Å². The average Bonchev–Trinajstić information content (AvgIpc) is 2.68. The lowest BCUT2D eigenvalue weighted by Crippen LogP contribution is -2.63. The molecule has 1 nitrogen and oxygen atoms in total. The smallest absolute Gasteiger partial charge is 0.151 e. The lowest BCUT2D eigenvalue weighted by atomic mass is 9.74. The molecule has 98 valence electrons. The topological polar surface area (TPSA) is 12.0 Å². The molecular formula is C15H29NSi. The van der Waals surface area contributed by atoms with Crippen LogP contribution in [0.1, 0.15) is 47.5 Å². The number of allylic oxidation sites excluding steroid dienone is 4. The fraction of sp³-hybridized carbons (Fsp3) is 0.733. The van der Waals surface area contributed by atoms with Crippen LogP contribution < -0.4 is 4.98 Å². The van der Waals surface area contributed by atoms with Crippen LogP contribution in [0.3, 0.4) is 0 Å². The third-order valence-electron chi connectivity index (χ3n) is 4.44. The third-order valence-corrected chi connectivity index (χ3v) is 7.43. The second kappa shape index (κ2) is 4.73. The summed E-state index contributed by atoms with van der Waals surface area (Å²) in [5.74, 6) is 0. The molecule has 0 heterocycles. The van der Waals surface area contributed by atoms with Crippen molar-refractivity contribution in [2.24, 2.45) is 5.41 Å². The van der Waals surface area contributed by atoms with Crippen LogP contribution in [0, 0.1) is 5.41 Å². The standard InChI is InChI=1S/C15H29NSi/c1-8-15(5,14(2,3)4)16-17(6,7)13-11-9-10-12-13/h9,11-12,16H,8,10H2,1-7H3. The minimum absolute atomic E-state index is 0.208. The highest BCUT2D eigenvalue weighted by molar-refractivity contribution is 6.82. The molecule has 1 rings (SSSR count). The molecule has 0 saturated carbocycles. The second-order valence-corrected chi connectivity index (χ2v) is 11.1. The van der Waals surface area contributed by atoms with E-state index in [-0.39, 0.29) is 11.0 Å². The van der Waals surface area contributed by atoms with Crippen molar-refractivity contribution in [3.8, 4) is 0 Å². The van der Waals surface area contributed by atoms with Crippen molar-refractivity contribution in [3.05, 3.63) is 23.4 Å². The van der Waals surface area contributed by atoms with E-state index in [4.69, 9.17) is 0 Å². The summed E-state index contributed by atoms with van der Waals surface area (Å²) in [6.07, 6.45) is 9.26. The summed E-state index contributed by atoms with van der Waals surface area (Å²) in [7, 11) is -1.51. The molecule has 2 heteroatoms. The predicted molar refractivity (Wildman–Crippen MR) is 80.6 cm³/mol. The molecule has 0 aromatic heterocycles. The predicted octanol–water partition coefficient (Wildman–Crippen LogP) is 4.42. The van der Waals surface area contributed by atoms with Crippen molar-refractivity contribution < 1.29 is 0 Å². The maximum absolute atomic E-state index is 4.02. The summed E-state index contributed by atoms with van der Waals surface area (Å²) in [6, 6.07) is 0. The van der Waals surface area contributed by atoms with Crippen LogP contribution in [0.15, 0.2) is 23.4 Å². The van der Waals surface area contributed by atoms with E-state index in [0.717, 1.165) is 6.42 Å². The van der Waals surface area contributed by atoms with Gasteiger partial charge in [-0.15, -0.1) is 0 Å². The highest BCUT2D eigenvalue weighted by Crippen LogP contribution is 2.35. The maximum atomic E-state index is 4.02. The van der Waals surface area contributed by atoms with Gasteiger partial charge in [-0.25, -0.2) is 0 Å². The molecule has 0 saturated heterocycles. The first-order valence-electron chi connectivity index (χ1n) is 6.79. The number of hydrogen-bond acceptors (Lipinski definition) is 1. The fourth-order valence-electron chi connectivity index (χ4n) is 2.49. The van der Waals surface area contributed by atoms with E-state index in [2.05, 4.69) is 70.9 Å². The van der Waals surface area contributed by atoms with Crippen LogP contribution in [0.4, 0.5) is 0 Å².